The number of likely N-dealkylation sites (tertiary alicyclic amines) is 1. The van der Waals surface area contributed by atoms with Crippen LogP contribution < -0.4 is 0 Å². The minimum Gasteiger partial charge on any atom is -0.455 e. The van der Waals surface area contributed by atoms with E-state index >= 15 is 0 Å². The molecule has 1 spiro atoms. The van der Waals surface area contributed by atoms with Gasteiger partial charge in [0, 0.05) is 38.5 Å². The Kier molecular flexibility index (Phi) is 7.42. The molecule has 6 nitrogen and oxygen atoms in total. The maximum absolute atomic E-state index is 13.2. The van der Waals surface area contributed by atoms with Crippen LogP contribution in [-0.2, 0) is 28.7 Å². The summed E-state index contributed by atoms with van der Waals surface area (Å²) in [5.74, 6) is 0.231. The van der Waals surface area contributed by atoms with Gasteiger partial charge in [-0.3, -0.25) is 9.69 Å². The fourth-order valence-electron chi connectivity index (χ4n) is 5.61. The third-order valence-electron chi connectivity index (χ3n) is 7.59. The first-order valence-corrected chi connectivity index (χ1v) is 12.9. The van der Waals surface area contributed by atoms with Crippen LogP contribution >= 0.6 is 0 Å². The van der Waals surface area contributed by atoms with Gasteiger partial charge in [0.15, 0.2) is 11.5 Å². The zero-order chi connectivity index (χ0) is 25.2. The van der Waals surface area contributed by atoms with Crippen LogP contribution in [0.15, 0.2) is 40.8 Å². The zero-order valence-electron chi connectivity index (χ0n) is 20.4. The second-order valence-electron chi connectivity index (χ2n) is 10.1. The third kappa shape index (κ3) is 5.79. The number of carbonyl (C=O) groups is 1. The van der Waals surface area contributed by atoms with Gasteiger partial charge in [-0.2, -0.15) is 13.2 Å². The molecule has 2 aromatic rings. The largest absolute Gasteiger partial charge is 0.455 e. The Balaban J connectivity index is 1.26. The first-order valence-electron chi connectivity index (χ1n) is 12.9. The zero-order valence-corrected chi connectivity index (χ0v) is 20.4. The van der Waals surface area contributed by atoms with E-state index in [0.717, 1.165) is 31.7 Å². The molecule has 3 fully saturated rings. The number of amides is 1. The SMILES string of the molecule is O=C(c1ccc(CN(Cc2cccc(C(F)(F)F)c2)C2CCCCC2)o1)N1CCC2(CC1)OCCO2. The molecule has 0 atom stereocenters. The van der Waals surface area contributed by atoms with Crippen LogP contribution in [0.25, 0.3) is 0 Å². The summed E-state index contributed by atoms with van der Waals surface area (Å²) < 4.78 is 57.2. The number of ether oxygens (including phenoxy) is 2. The van der Waals surface area contributed by atoms with Crippen molar-refractivity contribution in [2.75, 3.05) is 26.3 Å². The standard InChI is InChI=1S/C27H33F3N2O4/c28-27(29,30)21-6-4-5-20(17-21)18-32(22-7-2-1-3-8-22)19-23-9-10-24(36-23)25(33)31-13-11-26(12-14-31)34-15-16-35-26/h4-6,9-10,17,22H,1-3,7-8,11-16,18-19H2. The van der Waals surface area contributed by atoms with Gasteiger partial charge in [-0.15, -0.1) is 0 Å². The van der Waals surface area contributed by atoms with Gasteiger partial charge < -0.3 is 18.8 Å². The molecule has 1 amide bonds. The van der Waals surface area contributed by atoms with E-state index in [-0.39, 0.29) is 17.7 Å². The molecule has 2 saturated heterocycles. The number of halogens is 3. The minimum absolute atomic E-state index is 0.156. The summed E-state index contributed by atoms with van der Waals surface area (Å²) in [5.41, 5.74) is -0.0111. The third-order valence-corrected chi connectivity index (χ3v) is 7.59. The molecule has 1 aliphatic carbocycles. The monoisotopic (exact) mass is 506 g/mol. The van der Waals surface area contributed by atoms with Crippen LogP contribution in [0.2, 0.25) is 0 Å². The summed E-state index contributed by atoms with van der Waals surface area (Å²) >= 11 is 0. The molecular weight excluding hydrogens is 473 g/mol. The van der Waals surface area contributed by atoms with Crippen molar-refractivity contribution in [1.82, 2.24) is 9.80 Å². The topological polar surface area (TPSA) is 55.2 Å². The van der Waals surface area contributed by atoms with Crippen LogP contribution in [0.3, 0.4) is 0 Å². The van der Waals surface area contributed by atoms with Crippen LogP contribution in [0.4, 0.5) is 13.2 Å². The van der Waals surface area contributed by atoms with E-state index in [2.05, 4.69) is 4.90 Å². The predicted molar refractivity (Wildman–Crippen MR) is 126 cm³/mol. The van der Waals surface area contributed by atoms with Crippen molar-refractivity contribution in [2.24, 2.45) is 0 Å². The van der Waals surface area contributed by atoms with Gasteiger partial charge in [-0.05, 0) is 36.6 Å². The van der Waals surface area contributed by atoms with E-state index in [0.29, 0.717) is 63.6 Å². The Morgan fingerprint density at radius 2 is 1.72 bits per heavy atom. The fraction of sp³-hybridized carbons (Fsp3) is 0.593. The molecule has 1 aromatic heterocycles. The fourth-order valence-corrected chi connectivity index (χ4v) is 5.61. The van der Waals surface area contributed by atoms with Gasteiger partial charge in [0.2, 0.25) is 0 Å². The van der Waals surface area contributed by atoms with Crippen LogP contribution in [0.1, 0.15) is 72.4 Å². The molecule has 3 aliphatic rings. The molecular formula is C27H33F3N2O4. The van der Waals surface area contributed by atoms with Crippen LogP contribution in [0, 0.1) is 0 Å². The first-order chi connectivity index (χ1) is 17.3. The van der Waals surface area contributed by atoms with Gasteiger partial charge in [0.1, 0.15) is 5.76 Å². The van der Waals surface area contributed by atoms with Crippen molar-refractivity contribution in [1.29, 1.82) is 0 Å². The number of furan rings is 1. The van der Waals surface area contributed by atoms with E-state index in [1.807, 2.05) is 6.07 Å². The highest BCUT2D eigenvalue weighted by atomic mass is 19.4. The number of benzene rings is 1. The van der Waals surface area contributed by atoms with Crippen molar-refractivity contribution in [3.8, 4) is 0 Å². The van der Waals surface area contributed by atoms with Crippen molar-refractivity contribution < 1.29 is 31.9 Å². The van der Waals surface area contributed by atoms with E-state index in [1.54, 1.807) is 17.0 Å². The first kappa shape index (κ1) is 25.3. The molecule has 1 saturated carbocycles. The number of hydrogen-bond acceptors (Lipinski definition) is 5. The van der Waals surface area contributed by atoms with E-state index < -0.39 is 17.5 Å². The summed E-state index contributed by atoms with van der Waals surface area (Å²) in [5, 5.41) is 0. The van der Waals surface area contributed by atoms with Crippen molar-refractivity contribution in [2.45, 2.75) is 76.0 Å². The lowest BCUT2D eigenvalue weighted by atomic mass is 9.93. The van der Waals surface area contributed by atoms with Gasteiger partial charge in [0.05, 0.1) is 25.3 Å². The van der Waals surface area contributed by atoms with Crippen molar-refractivity contribution >= 4 is 5.91 Å². The van der Waals surface area contributed by atoms with Gasteiger partial charge >= 0.3 is 6.18 Å². The summed E-state index contributed by atoms with van der Waals surface area (Å²) in [4.78, 5) is 17.0. The smallest absolute Gasteiger partial charge is 0.416 e. The molecule has 0 radical (unpaired) electrons. The second kappa shape index (κ2) is 10.6. The predicted octanol–water partition coefficient (Wildman–Crippen LogP) is 5.61. The Morgan fingerprint density at radius 1 is 1.00 bits per heavy atom. The quantitative estimate of drug-likeness (QED) is 0.510. The molecule has 3 heterocycles. The number of carbonyl (C=O) groups excluding carboxylic acids is 1. The number of piperidine rings is 1. The summed E-state index contributed by atoms with van der Waals surface area (Å²) in [6.45, 7) is 3.10. The minimum atomic E-state index is -4.37. The summed E-state index contributed by atoms with van der Waals surface area (Å²) in [7, 11) is 0. The molecule has 0 unspecified atom stereocenters. The lowest BCUT2D eigenvalue weighted by Gasteiger charge is -2.37. The highest BCUT2D eigenvalue weighted by Gasteiger charge is 2.41. The highest BCUT2D eigenvalue weighted by molar-refractivity contribution is 5.91. The Labute approximate surface area is 209 Å². The Morgan fingerprint density at radius 3 is 2.42 bits per heavy atom. The van der Waals surface area contributed by atoms with E-state index in [9.17, 15) is 18.0 Å². The van der Waals surface area contributed by atoms with Crippen LogP contribution in [-0.4, -0.2) is 53.8 Å². The van der Waals surface area contributed by atoms with Gasteiger partial charge in [0.25, 0.3) is 5.91 Å². The molecule has 36 heavy (non-hydrogen) atoms. The van der Waals surface area contributed by atoms with Crippen LogP contribution in [0.5, 0.6) is 0 Å². The summed E-state index contributed by atoms with van der Waals surface area (Å²) in [6, 6.07) is 9.31. The average molecular weight is 507 g/mol. The molecule has 2 aliphatic heterocycles. The lowest BCUT2D eigenvalue weighted by Crippen LogP contribution is -2.47. The molecule has 0 bridgehead atoms. The molecule has 9 heteroatoms. The molecule has 1 aromatic carbocycles. The maximum Gasteiger partial charge on any atom is 0.416 e. The van der Waals surface area contributed by atoms with E-state index in [4.69, 9.17) is 13.9 Å². The Bertz CT molecular complexity index is 1030. The second-order valence-corrected chi connectivity index (χ2v) is 10.1. The maximum atomic E-state index is 13.2. The molecule has 5 rings (SSSR count). The number of rotatable bonds is 6. The molecule has 0 N–H and O–H groups in total. The normalized spacial score (nSPS) is 20.9. The summed E-state index contributed by atoms with van der Waals surface area (Å²) in [6.07, 6.45) is 2.31. The Hall–Kier alpha value is -2.36. The van der Waals surface area contributed by atoms with Gasteiger partial charge in [-0.1, -0.05) is 37.5 Å². The lowest BCUT2D eigenvalue weighted by molar-refractivity contribution is -0.181. The molecule has 196 valence electrons. The van der Waals surface area contributed by atoms with Crippen molar-refractivity contribution in [3.63, 3.8) is 0 Å². The van der Waals surface area contributed by atoms with E-state index in [1.165, 1.54) is 18.6 Å². The highest BCUT2D eigenvalue weighted by Crippen LogP contribution is 2.33. The number of hydrogen-bond donors (Lipinski definition) is 0. The van der Waals surface area contributed by atoms with Gasteiger partial charge in [-0.25, -0.2) is 0 Å². The number of nitrogens with zero attached hydrogens (tertiary/aromatic N) is 2. The average Bonchev–Trinajstić information content (AvgIpc) is 3.54. The van der Waals surface area contributed by atoms with Crippen molar-refractivity contribution in [3.05, 3.63) is 59.0 Å². The number of alkyl halides is 3.